The second kappa shape index (κ2) is 8.39. The fraction of sp³-hybridized carbons (Fsp3) is 0.550. The van der Waals surface area contributed by atoms with Crippen molar-refractivity contribution in [1.29, 1.82) is 0 Å². The van der Waals surface area contributed by atoms with Crippen LogP contribution in [0.2, 0.25) is 0 Å². The number of likely N-dealkylation sites (tertiary alicyclic amines) is 1. The molecule has 1 atom stereocenters. The summed E-state index contributed by atoms with van der Waals surface area (Å²) in [4.78, 5) is 7.14. The van der Waals surface area contributed by atoms with Gasteiger partial charge in [0.05, 0.1) is 0 Å². The Bertz CT molecular complexity index is 722. The van der Waals surface area contributed by atoms with E-state index < -0.39 is 0 Å². The van der Waals surface area contributed by atoms with E-state index in [0.717, 1.165) is 36.9 Å². The lowest BCUT2D eigenvalue weighted by atomic mass is 9.99. The molecule has 0 saturated carbocycles. The molecule has 5 heteroatoms. The smallest absolute Gasteiger partial charge is 0.191 e. The largest absolute Gasteiger partial charge is 0.459 e. The van der Waals surface area contributed by atoms with Gasteiger partial charge in [-0.25, -0.2) is 4.99 Å². The summed E-state index contributed by atoms with van der Waals surface area (Å²) in [6, 6.07) is 8.17. The molecule has 1 fully saturated rings. The molecule has 1 aliphatic heterocycles. The molecule has 3 rings (SSSR count). The highest BCUT2D eigenvalue weighted by molar-refractivity contribution is 5.82. The molecule has 5 nitrogen and oxygen atoms in total. The summed E-state index contributed by atoms with van der Waals surface area (Å²) < 4.78 is 5.97. The van der Waals surface area contributed by atoms with Crippen molar-refractivity contribution in [3.05, 3.63) is 35.6 Å². The molecule has 1 aromatic heterocycles. The Kier molecular flexibility index (Phi) is 5.97. The maximum absolute atomic E-state index is 5.97. The summed E-state index contributed by atoms with van der Waals surface area (Å²) in [7, 11) is 2.20. The van der Waals surface area contributed by atoms with Gasteiger partial charge in [-0.1, -0.05) is 18.2 Å². The zero-order valence-electron chi connectivity index (χ0n) is 15.6. The molecular formula is C20H30N4O. The molecule has 1 aliphatic rings. The minimum Gasteiger partial charge on any atom is -0.459 e. The zero-order valence-corrected chi connectivity index (χ0v) is 15.6. The molecule has 1 aromatic carbocycles. The normalized spacial score (nSPS) is 19.3. The summed E-state index contributed by atoms with van der Waals surface area (Å²) in [5.74, 6) is 2.50. The lowest BCUT2D eigenvalue weighted by Crippen LogP contribution is -2.43. The number of fused-ring (bicyclic) bond motifs is 1. The van der Waals surface area contributed by atoms with Crippen LogP contribution >= 0.6 is 0 Å². The van der Waals surface area contributed by atoms with E-state index in [2.05, 4.69) is 42.5 Å². The topological polar surface area (TPSA) is 52.8 Å². The number of para-hydroxylation sites is 1. The summed E-state index contributed by atoms with van der Waals surface area (Å²) in [5, 5.41) is 8.02. The summed E-state index contributed by atoms with van der Waals surface area (Å²) >= 11 is 0. The second-order valence-corrected chi connectivity index (χ2v) is 6.99. The van der Waals surface area contributed by atoms with Crippen molar-refractivity contribution in [2.24, 2.45) is 10.9 Å². The van der Waals surface area contributed by atoms with Crippen LogP contribution in [0.25, 0.3) is 11.0 Å². The molecule has 2 heterocycles. The SMILES string of the molecule is CCNC(=NCc1oc2ccccc2c1C)NCC1CCCN(C)C1. The number of benzene rings is 1. The maximum Gasteiger partial charge on any atom is 0.191 e. The molecular weight excluding hydrogens is 312 g/mol. The van der Waals surface area contributed by atoms with E-state index in [1.165, 1.54) is 30.3 Å². The number of rotatable bonds is 5. The number of piperidine rings is 1. The van der Waals surface area contributed by atoms with Gasteiger partial charge in [-0.3, -0.25) is 0 Å². The Labute approximate surface area is 150 Å². The van der Waals surface area contributed by atoms with Crippen molar-refractivity contribution in [2.45, 2.75) is 33.2 Å². The van der Waals surface area contributed by atoms with Gasteiger partial charge in [-0.15, -0.1) is 0 Å². The van der Waals surface area contributed by atoms with Crippen molar-refractivity contribution >= 4 is 16.9 Å². The summed E-state index contributed by atoms with van der Waals surface area (Å²) in [6.07, 6.45) is 2.58. The summed E-state index contributed by atoms with van der Waals surface area (Å²) in [6.45, 7) is 8.96. The van der Waals surface area contributed by atoms with Crippen LogP contribution in [0.4, 0.5) is 0 Å². The molecule has 25 heavy (non-hydrogen) atoms. The van der Waals surface area contributed by atoms with Gasteiger partial charge < -0.3 is 20.0 Å². The van der Waals surface area contributed by atoms with Gasteiger partial charge in [-0.2, -0.15) is 0 Å². The van der Waals surface area contributed by atoms with Crippen molar-refractivity contribution in [1.82, 2.24) is 15.5 Å². The van der Waals surface area contributed by atoms with E-state index in [1.54, 1.807) is 0 Å². The van der Waals surface area contributed by atoms with Crippen LogP contribution in [0.3, 0.4) is 0 Å². The first-order valence-corrected chi connectivity index (χ1v) is 9.35. The fourth-order valence-electron chi connectivity index (χ4n) is 3.55. The van der Waals surface area contributed by atoms with Gasteiger partial charge in [0.2, 0.25) is 0 Å². The van der Waals surface area contributed by atoms with Crippen LogP contribution in [-0.4, -0.2) is 44.1 Å². The number of furan rings is 1. The van der Waals surface area contributed by atoms with E-state index in [1.807, 2.05) is 18.2 Å². The first-order valence-electron chi connectivity index (χ1n) is 9.35. The zero-order chi connectivity index (χ0) is 17.6. The number of aliphatic imine (C=N–C) groups is 1. The molecule has 0 spiro atoms. The van der Waals surface area contributed by atoms with Crippen LogP contribution in [0.1, 0.15) is 31.1 Å². The van der Waals surface area contributed by atoms with Crippen LogP contribution in [-0.2, 0) is 6.54 Å². The van der Waals surface area contributed by atoms with Gasteiger partial charge in [0.1, 0.15) is 17.9 Å². The van der Waals surface area contributed by atoms with Crippen LogP contribution in [0.15, 0.2) is 33.7 Å². The van der Waals surface area contributed by atoms with Gasteiger partial charge in [0.15, 0.2) is 5.96 Å². The third-order valence-electron chi connectivity index (χ3n) is 4.95. The number of nitrogens with zero attached hydrogens (tertiary/aromatic N) is 2. The molecule has 0 aliphatic carbocycles. The predicted molar refractivity (Wildman–Crippen MR) is 104 cm³/mol. The molecule has 0 amide bonds. The average molecular weight is 342 g/mol. The van der Waals surface area contributed by atoms with Gasteiger partial charge in [0, 0.05) is 30.6 Å². The number of nitrogens with one attached hydrogen (secondary N) is 2. The first kappa shape index (κ1) is 17.8. The number of aryl methyl sites for hydroxylation is 1. The van der Waals surface area contributed by atoms with E-state index in [0.29, 0.717) is 12.5 Å². The molecule has 1 unspecified atom stereocenters. The van der Waals surface area contributed by atoms with E-state index >= 15 is 0 Å². The average Bonchev–Trinajstić information content (AvgIpc) is 2.94. The van der Waals surface area contributed by atoms with Crippen molar-refractivity contribution in [3.63, 3.8) is 0 Å². The third-order valence-corrected chi connectivity index (χ3v) is 4.95. The molecule has 0 radical (unpaired) electrons. The Morgan fingerprint density at radius 2 is 2.16 bits per heavy atom. The predicted octanol–water partition coefficient (Wildman–Crippen LogP) is 3.14. The van der Waals surface area contributed by atoms with Crippen molar-refractivity contribution < 1.29 is 4.42 Å². The monoisotopic (exact) mass is 342 g/mol. The van der Waals surface area contributed by atoms with E-state index in [9.17, 15) is 0 Å². The van der Waals surface area contributed by atoms with Crippen LogP contribution < -0.4 is 10.6 Å². The molecule has 2 aromatic rings. The Morgan fingerprint density at radius 1 is 1.32 bits per heavy atom. The van der Waals surface area contributed by atoms with Gasteiger partial charge in [0.25, 0.3) is 0 Å². The molecule has 1 saturated heterocycles. The van der Waals surface area contributed by atoms with E-state index in [4.69, 9.17) is 9.41 Å². The van der Waals surface area contributed by atoms with Crippen LogP contribution in [0.5, 0.6) is 0 Å². The molecule has 0 bridgehead atoms. The number of hydrogen-bond acceptors (Lipinski definition) is 3. The Hall–Kier alpha value is -2.01. The molecule has 136 valence electrons. The number of guanidine groups is 1. The Morgan fingerprint density at radius 3 is 2.92 bits per heavy atom. The Balaban J connectivity index is 1.63. The number of hydrogen-bond donors (Lipinski definition) is 2. The van der Waals surface area contributed by atoms with Crippen LogP contribution in [0, 0.1) is 12.8 Å². The first-order chi connectivity index (χ1) is 12.2. The standard InChI is InChI=1S/C20H30N4O/c1-4-21-20(22-12-16-8-7-11-24(3)14-16)23-13-19-15(2)17-9-5-6-10-18(17)25-19/h5-6,9-10,16H,4,7-8,11-14H2,1-3H3,(H2,21,22,23). The lowest BCUT2D eigenvalue weighted by Gasteiger charge is -2.30. The highest BCUT2D eigenvalue weighted by atomic mass is 16.3. The van der Waals surface area contributed by atoms with Gasteiger partial charge >= 0.3 is 0 Å². The highest BCUT2D eigenvalue weighted by Crippen LogP contribution is 2.25. The minimum absolute atomic E-state index is 0.556. The lowest BCUT2D eigenvalue weighted by molar-refractivity contribution is 0.210. The summed E-state index contributed by atoms with van der Waals surface area (Å²) in [5.41, 5.74) is 2.12. The molecule has 2 N–H and O–H groups in total. The minimum atomic E-state index is 0.556. The maximum atomic E-state index is 5.97. The van der Waals surface area contributed by atoms with Crippen molar-refractivity contribution in [3.8, 4) is 0 Å². The highest BCUT2D eigenvalue weighted by Gasteiger charge is 2.17. The fourth-order valence-corrected chi connectivity index (χ4v) is 3.55. The van der Waals surface area contributed by atoms with Crippen molar-refractivity contribution in [2.75, 3.05) is 33.2 Å². The van der Waals surface area contributed by atoms with Gasteiger partial charge in [-0.05, 0) is 52.3 Å². The third kappa shape index (κ3) is 4.54. The second-order valence-electron chi connectivity index (χ2n) is 6.99. The van der Waals surface area contributed by atoms with E-state index in [-0.39, 0.29) is 0 Å². The quantitative estimate of drug-likeness (QED) is 0.647.